The predicted molar refractivity (Wildman–Crippen MR) is 111 cm³/mol. The molecule has 0 aromatic carbocycles. The van der Waals surface area contributed by atoms with Crippen LogP contribution in [0.5, 0.6) is 0 Å². The zero-order valence-electron chi connectivity index (χ0n) is 19.0. The first-order chi connectivity index (χ1) is 16.7. The lowest BCUT2D eigenvalue weighted by atomic mass is 9.93. The second-order valence-electron chi connectivity index (χ2n) is 8.56. The molecule has 3 aliphatic rings. The minimum atomic E-state index is -5.08. The van der Waals surface area contributed by atoms with Gasteiger partial charge in [-0.1, -0.05) is 12.2 Å². The van der Waals surface area contributed by atoms with Crippen molar-refractivity contribution < 1.29 is 50.9 Å². The molecular weight excluding hydrogens is 502 g/mol. The number of imidazole rings is 1. The Bertz CT molecular complexity index is 887. The molecule has 36 heavy (non-hydrogen) atoms. The molecule has 1 aromatic heterocycles. The number of piperazine rings is 1. The van der Waals surface area contributed by atoms with Crippen molar-refractivity contribution in [1.82, 2.24) is 19.4 Å². The summed E-state index contributed by atoms with van der Waals surface area (Å²) >= 11 is 0. The van der Waals surface area contributed by atoms with Gasteiger partial charge in [-0.3, -0.25) is 9.69 Å². The maximum atomic E-state index is 12.3. The third-order valence-corrected chi connectivity index (χ3v) is 6.00. The summed E-state index contributed by atoms with van der Waals surface area (Å²) in [4.78, 5) is 38.6. The van der Waals surface area contributed by atoms with E-state index in [-0.39, 0.29) is 5.91 Å². The number of nitrogens with zero attached hydrogens (tertiary/aromatic N) is 4. The summed E-state index contributed by atoms with van der Waals surface area (Å²) in [6.07, 6.45) is 2.70. The van der Waals surface area contributed by atoms with E-state index in [0.717, 1.165) is 43.9 Å². The summed E-state index contributed by atoms with van der Waals surface area (Å²) in [7, 11) is 0. The Morgan fingerprint density at radius 1 is 0.889 bits per heavy atom. The van der Waals surface area contributed by atoms with Gasteiger partial charge in [0.15, 0.2) is 0 Å². The van der Waals surface area contributed by atoms with Gasteiger partial charge in [0, 0.05) is 45.1 Å². The van der Waals surface area contributed by atoms with Crippen LogP contribution in [0.25, 0.3) is 0 Å². The molecule has 2 N–H and O–H groups in total. The van der Waals surface area contributed by atoms with Crippen molar-refractivity contribution >= 4 is 17.8 Å². The zero-order valence-corrected chi connectivity index (χ0v) is 19.0. The third-order valence-electron chi connectivity index (χ3n) is 6.00. The van der Waals surface area contributed by atoms with Crippen molar-refractivity contribution in [2.75, 3.05) is 32.7 Å². The van der Waals surface area contributed by atoms with Gasteiger partial charge in [0.2, 0.25) is 5.91 Å². The number of aromatic nitrogens is 2. The van der Waals surface area contributed by atoms with Crippen LogP contribution < -0.4 is 0 Å². The second-order valence-corrected chi connectivity index (χ2v) is 8.56. The van der Waals surface area contributed by atoms with Crippen molar-refractivity contribution in [3.63, 3.8) is 0 Å². The highest BCUT2D eigenvalue weighted by atomic mass is 19.4. The molecule has 1 saturated carbocycles. The van der Waals surface area contributed by atoms with Crippen LogP contribution in [0.15, 0.2) is 30.9 Å². The fourth-order valence-corrected chi connectivity index (χ4v) is 4.25. The van der Waals surface area contributed by atoms with Crippen LogP contribution in [0, 0.1) is 17.8 Å². The number of rotatable bonds is 4. The molecule has 15 heteroatoms. The smallest absolute Gasteiger partial charge is 0.475 e. The molecule has 2 bridgehead atoms. The van der Waals surface area contributed by atoms with Crippen LogP contribution in [0.4, 0.5) is 26.3 Å². The fourth-order valence-electron chi connectivity index (χ4n) is 4.25. The Hall–Kier alpha value is -3.10. The highest BCUT2D eigenvalue weighted by Gasteiger charge is 2.39. The molecule has 1 aromatic rings. The largest absolute Gasteiger partial charge is 0.490 e. The van der Waals surface area contributed by atoms with Gasteiger partial charge in [0.25, 0.3) is 0 Å². The van der Waals surface area contributed by atoms with Crippen LogP contribution in [0.3, 0.4) is 0 Å². The molecule has 2 fully saturated rings. The van der Waals surface area contributed by atoms with Gasteiger partial charge >= 0.3 is 24.3 Å². The zero-order chi connectivity index (χ0) is 27.1. The van der Waals surface area contributed by atoms with E-state index in [2.05, 4.69) is 22.0 Å². The van der Waals surface area contributed by atoms with Crippen molar-refractivity contribution in [3.8, 4) is 0 Å². The second kappa shape index (κ2) is 12.2. The Balaban J connectivity index is 0.000000271. The third kappa shape index (κ3) is 9.17. The van der Waals surface area contributed by atoms with Gasteiger partial charge in [-0.05, 0) is 30.6 Å². The number of carboxylic acid groups (broad SMARTS) is 2. The number of hydrogen-bond donors (Lipinski definition) is 2. The topological polar surface area (TPSA) is 116 Å². The maximum Gasteiger partial charge on any atom is 0.490 e. The molecule has 2 heterocycles. The Kier molecular flexibility index (Phi) is 9.90. The van der Waals surface area contributed by atoms with Gasteiger partial charge in [-0.15, -0.1) is 0 Å². The van der Waals surface area contributed by atoms with E-state index < -0.39 is 24.3 Å². The van der Waals surface area contributed by atoms with Crippen molar-refractivity contribution in [2.24, 2.45) is 17.8 Å². The molecule has 202 valence electrons. The van der Waals surface area contributed by atoms with Gasteiger partial charge in [-0.2, -0.15) is 26.3 Å². The number of halogens is 6. The van der Waals surface area contributed by atoms with E-state index in [0.29, 0.717) is 6.54 Å². The Labute approximate surface area is 202 Å². The van der Waals surface area contributed by atoms with Crippen molar-refractivity contribution in [2.45, 2.75) is 31.7 Å². The molecule has 1 unspecified atom stereocenters. The fraction of sp³-hybridized carbons (Fsp3) is 0.619. The Morgan fingerprint density at radius 3 is 1.83 bits per heavy atom. The Morgan fingerprint density at radius 2 is 1.44 bits per heavy atom. The molecule has 0 spiro atoms. The molecule has 0 radical (unpaired) electrons. The van der Waals surface area contributed by atoms with Crippen molar-refractivity contribution in [3.05, 3.63) is 30.9 Å². The first kappa shape index (κ1) is 29.1. The van der Waals surface area contributed by atoms with Crippen LogP contribution in [-0.4, -0.2) is 92.5 Å². The molecule has 9 nitrogen and oxygen atoms in total. The van der Waals surface area contributed by atoms with Gasteiger partial charge < -0.3 is 19.7 Å². The monoisotopic (exact) mass is 528 g/mol. The number of carboxylic acids is 2. The number of alkyl halides is 6. The summed E-state index contributed by atoms with van der Waals surface area (Å²) in [6.45, 7) is 5.40. The van der Waals surface area contributed by atoms with Crippen LogP contribution >= 0.6 is 0 Å². The number of carbonyl (C=O) groups is 3. The lowest BCUT2D eigenvalue weighted by molar-refractivity contribution is -0.193. The molecule has 3 atom stereocenters. The molecule has 2 aliphatic carbocycles. The van der Waals surface area contributed by atoms with E-state index >= 15 is 0 Å². The highest BCUT2D eigenvalue weighted by Crippen LogP contribution is 2.43. The normalized spacial score (nSPS) is 23.4. The van der Waals surface area contributed by atoms with E-state index in [4.69, 9.17) is 19.8 Å². The number of hydrogen-bond acceptors (Lipinski definition) is 5. The van der Waals surface area contributed by atoms with Crippen LogP contribution in [0.1, 0.15) is 12.8 Å². The van der Waals surface area contributed by atoms with Gasteiger partial charge in [-0.25, -0.2) is 14.6 Å². The minimum absolute atomic E-state index is 0.209. The SMILES string of the molecule is O=C(Cn1ccnc1)N1CCN(CC2C[C@@H]3C=C[C@H]2C3)CC1.O=C(O)C(F)(F)F.O=C(O)C(F)(F)F. The quantitative estimate of drug-likeness (QED) is 0.456. The average Bonchev–Trinajstić information content (AvgIpc) is 3.53. The van der Waals surface area contributed by atoms with Crippen LogP contribution in [0.2, 0.25) is 0 Å². The summed E-state index contributed by atoms with van der Waals surface area (Å²) in [5.74, 6) is -2.78. The standard InChI is InChI=1S/C17H24N4O.2C2HF3O2/c22-17(12-20-4-3-18-13-20)21-7-5-19(6-8-21)11-16-10-14-1-2-15(16)9-14;2*3-2(4,5)1(6)7/h1-4,13-16H,5-12H2;2*(H,6,7)/t14-,15+,16?;;/m1../s1. The number of aliphatic carboxylic acids is 2. The minimum Gasteiger partial charge on any atom is -0.475 e. The molecule has 4 rings (SSSR count). The van der Waals surface area contributed by atoms with E-state index in [1.54, 1.807) is 12.5 Å². The van der Waals surface area contributed by atoms with E-state index in [9.17, 15) is 31.1 Å². The van der Waals surface area contributed by atoms with E-state index in [1.165, 1.54) is 19.4 Å². The van der Waals surface area contributed by atoms with Crippen molar-refractivity contribution in [1.29, 1.82) is 0 Å². The van der Waals surface area contributed by atoms with Crippen LogP contribution in [-0.2, 0) is 20.9 Å². The maximum absolute atomic E-state index is 12.3. The molecule has 1 saturated heterocycles. The number of carbonyl (C=O) groups excluding carboxylic acids is 1. The predicted octanol–water partition coefficient (Wildman–Crippen LogP) is 2.51. The summed E-state index contributed by atoms with van der Waals surface area (Å²) < 4.78 is 65.3. The lowest BCUT2D eigenvalue weighted by Gasteiger charge is -2.37. The number of amides is 1. The number of allylic oxidation sites excluding steroid dienone is 2. The first-order valence-electron chi connectivity index (χ1n) is 10.9. The van der Waals surface area contributed by atoms with E-state index in [1.807, 2.05) is 15.7 Å². The molecule has 1 amide bonds. The summed E-state index contributed by atoms with van der Waals surface area (Å²) in [5, 5.41) is 14.2. The van der Waals surface area contributed by atoms with Gasteiger partial charge in [0.1, 0.15) is 6.54 Å². The summed E-state index contributed by atoms with van der Waals surface area (Å²) in [6, 6.07) is 0. The molecule has 1 aliphatic heterocycles. The first-order valence-corrected chi connectivity index (χ1v) is 10.9. The lowest BCUT2D eigenvalue weighted by Crippen LogP contribution is -2.50. The highest BCUT2D eigenvalue weighted by molar-refractivity contribution is 5.76. The number of fused-ring (bicyclic) bond motifs is 2. The summed E-state index contributed by atoms with van der Waals surface area (Å²) in [5.41, 5.74) is 0. The average molecular weight is 528 g/mol. The van der Waals surface area contributed by atoms with Gasteiger partial charge in [0.05, 0.1) is 6.33 Å². The molecular formula is C21H26F6N4O5.